The van der Waals surface area contributed by atoms with E-state index in [0.29, 0.717) is 0 Å². The van der Waals surface area contributed by atoms with Crippen molar-refractivity contribution in [2.75, 3.05) is 5.73 Å². The monoisotopic (exact) mass is 416 g/mol. The second-order valence-electron chi connectivity index (χ2n) is 5.27. The molecule has 2 heterocycles. The van der Waals surface area contributed by atoms with Crippen molar-refractivity contribution in [2.45, 2.75) is 22.8 Å². The zero-order valence-electron chi connectivity index (χ0n) is 13.7. The second kappa shape index (κ2) is 7.09. The van der Waals surface area contributed by atoms with Crippen LogP contribution in [0.1, 0.15) is 5.89 Å². The molecule has 3 rings (SSSR count). The predicted octanol–water partition coefficient (Wildman–Crippen LogP) is 1.94. The number of para-hydroxylation sites is 1. The van der Waals surface area contributed by atoms with Crippen molar-refractivity contribution < 1.29 is 35.8 Å². The molecule has 0 aliphatic rings. The van der Waals surface area contributed by atoms with Crippen molar-refractivity contribution in [3.8, 4) is 17.3 Å². The standard InChI is InChI=1S/C15H11F3N4O5S/c16-15(17,18)27-10-3-1-2-4-11(10)28(24,25)8-5-9(19)13(20-6-8)14-22-21-12(7-23)26-14/h1-6,23H,7,19H2. The lowest BCUT2D eigenvalue weighted by Gasteiger charge is -2.13. The number of halogens is 3. The van der Waals surface area contributed by atoms with E-state index in [-0.39, 0.29) is 23.2 Å². The van der Waals surface area contributed by atoms with Crippen LogP contribution in [0, 0.1) is 0 Å². The summed E-state index contributed by atoms with van der Waals surface area (Å²) >= 11 is 0. The van der Waals surface area contributed by atoms with Gasteiger partial charge < -0.3 is 20.0 Å². The van der Waals surface area contributed by atoms with Gasteiger partial charge in [-0.15, -0.1) is 23.4 Å². The molecule has 0 amide bonds. The molecule has 0 aliphatic heterocycles. The Hall–Kier alpha value is -3.19. The Bertz CT molecular complexity index is 1110. The largest absolute Gasteiger partial charge is 0.573 e. The Morgan fingerprint density at radius 1 is 1.21 bits per heavy atom. The van der Waals surface area contributed by atoms with Gasteiger partial charge in [-0.2, -0.15) is 0 Å². The lowest BCUT2D eigenvalue weighted by atomic mass is 10.3. The zero-order valence-corrected chi connectivity index (χ0v) is 14.5. The van der Waals surface area contributed by atoms with E-state index >= 15 is 0 Å². The van der Waals surface area contributed by atoms with E-state index in [1.165, 1.54) is 12.1 Å². The molecular weight excluding hydrogens is 405 g/mol. The molecule has 0 spiro atoms. The summed E-state index contributed by atoms with van der Waals surface area (Å²) in [5.74, 6) is -1.15. The summed E-state index contributed by atoms with van der Waals surface area (Å²) < 4.78 is 72.1. The molecule has 0 saturated carbocycles. The third-order valence-electron chi connectivity index (χ3n) is 3.37. The molecule has 0 fully saturated rings. The van der Waals surface area contributed by atoms with Crippen LogP contribution in [0.15, 0.2) is 50.7 Å². The van der Waals surface area contributed by atoms with Crippen molar-refractivity contribution in [1.29, 1.82) is 0 Å². The van der Waals surface area contributed by atoms with E-state index in [1.807, 2.05) is 0 Å². The van der Waals surface area contributed by atoms with E-state index < -0.39 is 38.3 Å². The summed E-state index contributed by atoms with van der Waals surface area (Å²) in [4.78, 5) is 2.68. The number of aliphatic hydroxyl groups is 1. The number of benzene rings is 1. The van der Waals surface area contributed by atoms with Gasteiger partial charge in [0.25, 0.3) is 5.89 Å². The number of alkyl halides is 3. The maximum atomic E-state index is 12.8. The van der Waals surface area contributed by atoms with Crippen molar-refractivity contribution in [2.24, 2.45) is 0 Å². The van der Waals surface area contributed by atoms with Gasteiger partial charge in [-0.05, 0) is 18.2 Å². The van der Waals surface area contributed by atoms with Crippen LogP contribution >= 0.6 is 0 Å². The van der Waals surface area contributed by atoms with E-state index in [9.17, 15) is 21.6 Å². The van der Waals surface area contributed by atoms with Gasteiger partial charge in [0.2, 0.25) is 15.7 Å². The molecule has 13 heteroatoms. The minimum atomic E-state index is -5.07. The molecule has 3 N–H and O–H groups in total. The predicted molar refractivity (Wildman–Crippen MR) is 86.4 cm³/mol. The molecular formula is C15H11F3N4O5S. The molecule has 148 valence electrons. The third-order valence-corrected chi connectivity index (χ3v) is 5.13. The summed E-state index contributed by atoms with van der Waals surface area (Å²) in [5.41, 5.74) is 5.56. The van der Waals surface area contributed by atoms with Crippen LogP contribution in [0.3, 0.4) is 0 Å². The molecule has 0 aliphatic carbocycles. The van der Waals surface area contributed by atoms with E-state index in [1.54, 1.807) is 0 Å². The third kappa shape index (κ3) is 3.89. The van der Waals surface area contributed by atoms with Crippen LogP contribution < -0.4 is 10.5 Å². The quantitative estimate of drug-likeness (QED) is 0.638. The number of ether oxygens (including phenoxy) is 1. The summed E-state index contributed by atoms with van der Waals surface area (Å²) in [6.07, 6.45) is -4.19. The maximum absolute atomic E-state index is 12.8. The molecule has 28 heavy (non-hydrogen) atoms. The highest BCUT2D eigenvalue weighted by molar-refractivity contribution is 7.91. The summed E-state index contributed by atoms with van der Waals surface area (Å²) in [5, 5.41) is 16.1. The number of aliphatic hydroxyl groups excluding tert-OH is 1. The van der Waals surface area contributed by atoms with Gasteiger partial charge in [0.1, 0.15) is 17.3 Å². The fourth-order valence-electron chi connectivity index (χ4n) is 2.21. The van der Waals surface area contributed by atoms with Crippen molar-refractivity contribution in [1.82, 2.24) is 15.2 Å². The highest BCUT2D eigenvalue weighted by atomic mass is 32.2. The summed E-state index contributed by atoms with van der Waals surface area (Å²) in [6, 6.07) is 5.28. The Morgan fingerprint density at radius 3 is 2.54 bits per heavy atom. The first-order valence-electron chi connectivity index (χ1n) is 7.41. The zero-order chi connectivity index (χ0) is 20.5. The molecule has 0 bridgehead atoms. The van der Waals surface area contributed by atoms with Crippen molar-refractivity contribution in [3.63, 3.8) is 0 Å². The topological polar surface area (TPSA) is 141 Å². The smallest absolute Gasteiger partial charge is 0.417 e. The molecule has 0 radical (unpaired) electrons. The van der Waals surface area contributed by atoms with Gasteiger partial charge in [0.05, 0.1) is 10.6 Å². The second-order valence-corrected chi connectivity index (χ2v) is 7.18. The average molecular weight is 416 g/mol. The normalized spacial score (nSPS) is 12.1. The number of sulfone groups is 1. The van der Waals surface area contributed by atoms with Crippen LogP contribution in [0.2, 0.25) is 0 Å². The van der Waals surface area contributed by atoms with Crippen LogP contribution in [0.5, 0.6) is 5.75 Å². The Labute approximate surface area is 155 Å². The number of nitrogens with zero attached hydrogens (tertiary/aromatic N) is 3. The van der Waals surface area contributed by atoms with Gasteiger partial charge in [-0.3, -0.25) is 0 Å². The number of aromatic nitrogens is 3. The van der Waals surface area contributed by atoms with Crippen LogP contribution in [0.25, 0.3) is 11.6 Å². The first-order chi connectivity index (χ1) is 13.1. The van der Waals surface area contributed by atoms with Gasteiger partial charge in [0, 0.05) is 6.20 Å². The lowest BCUT2D eigenvalue weighted by molar-refractivity contribution is -0.275. The Kier molecular flexibility index (Phi) is 4.95. The average Bonchev–Trinajstić information content (AvgIpc) is 3.09. The van der Waals surface area contributed by atoms with Crippen LogP contribution in [-0.4, -0.2) is 35.1 Å². The summed E-state index contributed by atoms with van der Waals surface area (Å²) in [7, 11) is -4.44. The molecule has 9 nitrogen and oxygen atoms in total. The number of rotatable bonds is 5. The van der Waals surface area contributed by atoms with Gasteiger partial charge in [0.15, 0.2) is 5.69 Å². The van der Waals surface area contributed by atoms with Gasteiger partial charge in [-0.1, -0.05) is 12.1 Å². The SMILES string of the molecule is Nc1cc(S(=O)(=O)c2ccccc2OC(F)(F)F)cnc1-c1nnc(CO)o1. The maximum Gasteiger partial charge on any atom is 0.573 e. The van der Waals surface area contributed by atoms with Crippen molar-refractivity contribution in [3.05, 3.63) is 42.4 Å². The van der Waals surface area contributed by atoms with Crippen LogP contribution in [-0.2, 0) is 16.4 Å². The number of anilines is 1. The number of nitrogens with two attached hydrogens (primary N) is 1. The summed E-state index contributed by atoms with van der Waals surface area (Å²) in [6.45, 7) is -0.518. The van der Waals surface area contributed by atoms with Crippen molar-refractivity contribution >= 4 is 15.5 Å². The number of pyridine rings is 1. The van der Waals surface area contributed by atoms with E-state index in [4.69, 9.17) is 15.3 Å². The number of hydrogen-bond donors (Lipinski definition) is 2. The van der Waals surface area contributed by atoms with Crippen LogP contribution in [0.4, 0.5) is 18.9 Å². The van der Waals surface area contributed by atoms with Gasteiger partial charge in [-0.25, -0.2) is 13.4 Å². The molecule has 0 saturated heterocycles. The Morgan fingerprint density at radius 2 is 1.93 bits per heavy atom. The molecule has 1 aromatic carbocycles. The fraction of sp³-hybridized carbons (Fsp3) is 0.133. The number of nitrogen functional groups attached to an aromatic ring is 1. The molecule has 0 unspecified atom stereocenters. The molecule has 2 aromatic heterocycles. The highest BCUT2D eigenvalue weighted by Gasteiger charge is 2.34. The minimum absolute atomic E-state index is 0.0500. The minimum Gasteiger partial charge on any atom is -0.417 e. The van der Waals surface area contributed by atoms with Gasteiger partial charge >= 0.3 is 6.36 Å². The lowest BCUT2D eigenvalue weighted by Crippen LogP contribution is -2.19. The van der Waals surface area contributed by atoms with E-state index in [2.05, 4.69) is 19.9 Å². The first-order valence-corrected chi connectivity index (χ1v) is 8.89. The molecule has 3 aromatic rings. The highest BCUT2D eigenvalue weighted by Crippen LogP contribution is 2.34. The number of hydrogen-bond acceptors (Lipinski definition) is 9. The Balaban J connectivity index is 2.03. The molecule has 0 atom stereocenters. The fourth-order valence-corrected chi connectivity index (χ4v) is 3.57. The first kappa shape index (κ1) is 19.6. The van der Waals surface area contributed by atoms with E-state index in [0.717, 1.165) is 24.4 Å².